The van der Waals surface area contributed by atoms with Crippen LogP contribution in [0.25, 0.3) is 10.9 Å². The van der Waals surface area contributed by atoms with Gasteiger partial charge in [0.1, 0.15) is 17.5 Å². The average Bonchev–Trinajstić information content (AvgIpc) is 3.56. The molecule has 2 aliphatic rings. The van der Waals surface area contributed by atoms with Crippen molar-refractivity contribution in [2.75, 3.05) is 20.2 Å². The van der Waals surface area contributed by atoms with Crippen LogP contribution in [0.5, 0.6) is 5.75 Å². The lowest BCUT2D eigenvalue weighted by atomic mass is 10.0. The van der Waals surface area contributed by atoms with E-state index >= 15 is 0 Å². The van der Waals surface area contributed by atoms with Crippen molar-refractivity contribution in [2.45, 2.75) is 44.7 Å². The van der Waals surface area contributed by atoms with Crippen molar-refractivity contribution in [3.63, 3.8) is 0 Å². The lowest BCUT2D eigenvalue weighted by molar-refractivity contribution is -0.00218. The molecule has 6 rings (SSSR count). The Balaban J connectivity index is 1.03. The number of rotatable bonds is 6. The Morgan fingerprint density at radius 2 is 2.00 bits per heavy atom. The molecule has 9 heteroatoms. The zero-order valence-electron chi connectivity index (χ0n) is 20.3. The summed E-state index contributed by atoms with van der Waals surface area (Å²) in [4.78, 5) is 18.5. The maximum Gasteiger partial charge on any atom is 0.252 e. The minimum absolute atomic E-state index is 0.00501. The Hall–Kier alpha value is -3.69. The monoisotopic (exact) mass is 486 g/mol. The molecular weight excluding hydrogens is 456 g/mol. The Labute approximate surface area is 209 Å². The number of aromatic amines is 1. The number of carbonyl (C=O) groups excluding carboxylic acids is 1. The van der Waals surface area contributed by atoms with E-state index in [4.69, 9.17) is 9.47 Å². The van der Waals surface area contributed by atoms with Gasteiger partial charge in [-0.15, -0.1) is 5.10 Å². The number of likely N-dealkylation sites (tertiary alicyclic amines) is 1. The Bertz CT molecular complexity index is 1350. The molecule has 0 unspecified atom stereocenters. The second-order valence-electron chi connectivity index (χ2n) is 9.51. The summed E-state index contributed by atoms with van der Waals surface area (Å²) in [7, 11) is 1.67. The molecule has 36 heavy (non-hydrogen) atoms. The zero-order valence-corrected chi connectivity index (χ0v) is 20.3. The fourth-order valence-electron chi connectivity index (χ4n) is 5.20. The number of amides is 1. The predicted octanol–water partition coefficient (Wildman–Crippen LogP) is 3.43. The lowest BCUT2D eigenvalue weighted by Gasteiger charge is -2.32. The molecule has 186 valence electrons. The van der Waals surface area contributed by atoms with Gasteiger partial charge >= 0.3 is 0 Å². The Kier molecular flexibility index (Phi) is 6.16. The second kappa shape index (κ2) is 9.75. The molecule has 1 saturated heterocycles. The zero-order chi connectivity index (χ0) is 24.5. The van der Waals surface area contributed by atoms with Crippen LogP contribution in [0.4, 0.5) is 0 Å². The van der Waals surface area contributed by atoms with Gasteiger partial charge in [0.15, 0.2) is 0 Å². The largest absolute Gasteiger partial charge is 0.497 e. The number of carbonyl (C=O) groups is 1. The Morgan fingerprint density at radius 3 is 2.81 bits per heavy atom. The number of hydrogen-bond acceptors (Lipinski definition) is 6. The van der Waals surface area contributed by atoms with Crippen molar-refractivity contribution in [1.82, 2.24) is 30.2 Å². The molecule has 0 aliphatic carbocycles. The molecular formula is C27H30N6O3. The van der Waals surface area contributed by atoms with Gasteiger partial charge in [0, 0.05) is 48.3 Å². The third-order valence-electron chi connectivity index (χ3n) is 7.30. The molecule has 4 aromatic rings. The number of nitrogens with zero attached hydrogens (tertiary/aromatic N) is 4. The van der Waals surface area contributed by atoms with Crippen LogP contribution in [0.15, 0.2) is 54.7 Å². The number of aromatic nitrogens is 4. The molecule has 4 heterocycles. The molecule has 2 N–H and O–H groups in total. The van der Waals surface area contributed by atoms with Crippen molar-refractivity contribution >= 4 is 16.8 Å². The smallest absolute Gasteiger partial charge is 0.252 e. The first-order valence-electron chi connectivity index (χ1n) is 12.4. The number of piperidine rings is 1. The van der Waals surface area contributed by atoms with E-state index in [1.54, 1.807) is 7.11 Å². The van der Waals surface area contributed by atoms with Gasteiger partial charge in [0.2, 0.25) is 0 Å². The van der Waals surface area contributed by atoms with Crippen LogP contribution in [-0.2, 0) is 24.4 Å². The quantitative estimate of drug-likeness (QED) is 0.433. The first-order chi connectivity index (χ1) is 17.7. The molecule has 0 spiro atoms. The molecule has 1 amide bonds. The fourth-order valence-corrected chi connectivity index (χ4v) is 5.20. The molecule has 0 bridgehead atoms. The highest BCUT2D eigenvalue weighted by Gasteiger charge is 2.27. The van der Waals surface area contributed by atoms with Crippen molar-refractivity contribution in [3.8, 4) is 5.75 Å². The van der Waals surface area contributed by atoms with Crippen molar-refractivity contribution in [3.05, 3.63) is 77.2 Å². The number of fused-ring (bicyclic) bond motifs is 2. The topological polar surface area (TPSA) is 97.3 Å². The van der Waals surface area contributed by atoms with Gasteiger partial charge in [-0.25, -0.2) is 4.68 Å². The van der Waals surface area contributed by atoms with E-state index in [1.807, 2.05) is 59.4 Å². The predicted molar refractivity (Wildman–Crippen MR) is 135 cm³/mol. The van der Waals surface area contributed by atoms with Gasteiger partial charge in [-0.1, -0.05) is 23.4 Å². The number of ether oxygens (including phenoxy) is 2. The molecule has 0 radical (unpaired) electrons. The van der Waals surface area contributed by atoms with Crippen LogP contribution in [0.3, 0.4) is 0 Å². The summed E-state index contributed by atoms with van der Waals surface area (Å²) >= 11 is 0. The van der Waals surface area contributed by atoms with Gasteiger partial charge in [0.05, 0.1) is 26.0 Å². The van der Waals surface area contributed by atoms with Crippen molar-refractivity contribution in [1.29, 1.82) is 0 Å². The van der Waals surface area contributed by atoms with Crippen LogP contribution in [0.2, 0.25) is 0 Å². The summed E-state index contributed by atoms with van der Waals surface area (Å²) in [6, 6.07) is 15.9. The molecule has 0 saturated carbocycles. The summed E-state index contributed by atoms with van der Waals surface area (Å²) in [5.74, 6) is 0.828. The van der Waals surface area contributed by atoms with Crippen LogP contribution >= 0.6 is 0 Å². The SMILES string of the molecule is COc1ccc([C@@H]2Cn3nnc(CN4CCC(NC(=O)c5cccc6[nH]ccc56)CC4)c3CO2)cc1. The third kappa shape index (κ3) is 4.47. The first-order valence-corrected chi connectivity index (χ1v) is 12.4. The average molecular weight is 487 g/mol. The first kappa shape index (κ1) is 22.8. The van der Waals surface area contributed by atoms with Crippen LogP contribution in [0, 0.1) is 0 Å². The summed E-state index contributed by atoms with van der Waals surface area (Å²) < 4.78 is 13.4. The second-order valence-corrected chi connectivity index (χ2v) is 9.51. The van der Waals surface area contributed by atoms with Gasteiger partial charge in [-0.3, -0.25) is 9.69 Å². The molecule has 1 atom stereocenters. The summed E-state index contributed by atoms with van der Waals surface area (Å²) in [5, 5.41) is 13.1. The maximum atomic E-state index is 12.9. The van der Waals surface area contributed by atoms with E-state index in [1.165, 1.54) is 0 Å². The van der Waals surface area contributed by atoms with E-state index in [0.29, 0.717) is 13.2 Å². The standard InChI is InChI=1S/C27H30N6O3/c1-35-20-7-5-18(6-8-20)26-16-33-25(17-36-26)24(30-31-33)15-32-13-10-19(11-14-32)29-27(34)22-3-2-4-23-21(22)9-12-28-23/h2-9,12,19,26,28H,10-11,13-17H2,1H3,(H,29,34)/t26-/m0/s1. The highest BCUT2D eigenvalue weighted by atomic mass is 16.5. The number of H-pyrrole nitrogens is 1. The van der Waals surface area contributed by atoms with Gasteiger partial charge < -0.3 is 19.8 Å². The van der Waals surface area contributed by atoms with E-state index in [0.717, 1.165) is 71.6 Å². The van der Waals surface area contributed by atoms with Gasteiger partial charge in [-0.2, -0.15) is 0 Å². The normalized spacial score (nSPS) is 18.8. The van der Waals surface area contributed by atoms with E-state index in [9.17, 15) is 4.79 Å². The summed E-state index contributed by atoms with van der Waals surface area (Å²) in [5.41, 5.74) is 4.84. The molecule has 9 nitrogen and oxygen atoms in total. The number of nitrogens with one attached hydrogen (secondary N) is 2. The molecule has 2 aromatic carbocycles. The Morgan fingerprint density at radius 1 is 1.17 bits per heavy atom. The number of methoxy groups -OCH3 is 1. The van der Waals surface area contributed by atoms with Gasteiger partial charge in [-0.05, 0) is 48.7 Å². The molecule has 1 fully saturated rings. The van der Waals surface area contributed by atoms with Crippen LogP contribution < -0.4 is 10.1 Å². The van der Waals surface area contributed by atoms with E-state index in [-0.39, 0.29) is 18.1 Å². The van der Waals surface area contributed by atoms with E-state index < -0.39 is 0 Å². The highest BCUT2D eigenvalue weighted by molar-refractivity contribution is 6.06. The van der Waals surface area contributed by atoms with Crippen molar-refractivity contribution < 1.29 is 14.3 Å². The molecule has 2 aliphatic heterocycles. The van der Waals surface area contributed by atoms with E-state index in [2.05, 4.69) is 25.5 Å². The summed E-state index contributed by atoms with van der Waals surface area (Å²) in [6.07, 6.45) is 3.64. The highest BCUT2D eigenvalue weighted by Crippen LogP contribution is 2.29. The molecule has 2 aromatic heterocycles. The summed E-state index contributed by atoms with van der Waals surface area (Å²) in [6.45, 7) is 3.70. The van der Waals surface area contributed by atoms with Crippen LogP contribution in [0.1, 0.15) is 46.3 Å². The minimum atomic E-state index is -0.0468. The van der Waals surface area contributed by atoms with Gasteiger partial charge in [0.25, 0.3) is 5.91 Å². The third-order valence-corrected chi connectivity index (χ3v) is 7.30. The number of hydrogen-bond donors (Lipinski definition) is 2. The minimum Gasteiger partial charge on any atom is -0.497 e. The van der Waals surface area contributed by atoms with Crippen molar-refractivity contribution in [2.24, 2.45) is 0 Å². The number of benzene rings is 2. The lowest BCUT2D eigenvalue weighted by Crippen LogP contribution is -2.44. The van der Waals surface area contributed by atoms with Crippen LogP contribution in [-0.4, -0.2) is 57.0 Å². The fraction of sp³-hybridized carbons (Fsp3) is 0.370. The maximum absolute atomic E-state index is 12.9.